The van der Waals surface area contributed by atoms with E-state index in [4.69, 9.17) is 0 Å². The maximum Gasteiger partial charge on any atom is 0.267 e. The van der Waals surface area contributed by atoms with Gasteiger partial charge in [0.2, 0.25) is 0 Å². The molecule has 0 spiro atoms. The standard InChI is InChI=1S/C20H20N8O/c1-13-8-22-12-17(25-13)16-7-18-14(9-23-16)10-24-28(18)19-4-5-20(29)27(26-19)15-3-2-6-21-11-15/h4-5,7-10,12,15,21H,2-3,6,11H2,1H3/t15-/m1/s1. The van der Waals surface area contributed by atoms with E-state index in [1.54, 1.807) is 46.3 Å². The van der Waals surface area contributed by atoms with Gasteiger partial charge in [0.1, 0.15) is 5.69 Å². The number of pyridine rings is 1. The summed E-state index contributed by atoms with van der Waals surface area (Å²) in [5.41, 5.74) is 2.98. The van der Waals surface area contributed by atoms with Gasteiger partial charge in [0.05, 0.1) is 35.3 Å². The van der Waals surface area contributed by atoms with Gasteiger partial charge in [0, 0.05) is 30.4 Å². The summed E-state index contributed by atoms with van der Waals surface area (Å²) in [7, 11) is 0. The molecule has 1 atom stereocenters. The molecule has 5 rings (SSSR count). The third-order valence-electron chi connectivity index (χ3n) is 5.11. The van der Waals surface area contributed by atoms with Crippen molar-refractivity contribution < 1.29 is 0 Å². The monoisotopic (exact) mass is 388 g/mol. The highest BCUT2D eigenvalue weighted by Gasteiger charge is 2.18. The average Bonchev–Trinajstić information content (AvgIpc) is 3.18. The molecule has 9 nitrogen and oxygen atoms in total. The molecule has 1 aliphatic rings. The second-order valence-corrected chi connectivity index (χ2v) is 7.20. The Kier molecular flexibility index (Phi) is 4.36. The van der Waals surface area contributed by atoms with E-state index in [2.05, 4.69) is 30.5 Å². The van der Waals surface area contributed by atoms with Gasteiger partial charge in [0.15, 0.2) is 5.82 Å². The number of hydrogen-bond acceptors (Lipinski definition) is 7. The molecule has 0 unspecified atom stereocenters. The molecule has 5 heterocycles. The number of rotatable bonds is 3. The number of fused-ring (bicyclic) bond motifs is 1. The maximum atomic E-state index is 12.4. The molecule has 1 saturated heterocycles. The van der Waals surface area contributed by atoms with Crippen molar-refractivity contribution in [3.8, 4) is 17.2 Å². The summed E-state index contributed by atoms with van der Waals surface area (Å²) in [5, 5.41) is 13.3. The molecule has 0 aromatic carbocycles. The van der Waals surface area contributed by atoms with E-state index < -0.39 is 0 Å². The summed E-state index contributed by atoms with van der Waals surface area (Å²) in [4.78, 5) is 25.6. The number of aryl methyl sites for hydroxylation is 1. The predicted molar refractivity (Wildman–Crippen MR) is 108 cm³/mol. The number of aromatic nitrogens is 7. The fourth-order valence-electron chi connectivity index (χ4n) is 3.66. The highest BCUT2D eigenvalue weighted by atomic mass is 16.1. The molecular weight excluding hydrogens is 368 g/mol. The van der Waals surface area contributed by atoms with Crippen LogP contribution in [0.1, 0.15) is 24.6 Å². The molecule has 9 heteroatoms. The summed E-state index contributed by atoms with van der Waals surface area (Å²) in [6.07, 6.45) is 8.87. The maximum absolute atomic E-state index is 12.4. The fraction of sp³-hybridized carbons (Fsp3) is 0.300. The van der Waals surface area contributed by atoms with Crippen molar-refractivity contribution in [2.75, 3.05) is 13.1 Å². The van der Waals surface area contributed by atoms with Crippen LogP contribution < -0.4 is 10.9 Å². The molecule has 1 aliphatic heterocycles. The van der Waals surface area contributed by atoms with Crippen LogP contribution in [0.3, 0.4) is 0 Å². The third-order valence-corrected chi connectivity index (χ3v) is 5.11. The normalized spacial score (nSPS) is 16.9. The van der Waals surface area contributed by atoms with Gasteiger partial charge in [-0.25, -0.2) is 14.3 Å². The van der Waals surface area contributed by atoms with Crippen LogP contribution in [0.5, 0.6) is 0 Å². The van der Waals surface area contributed by atoms with Crippen molar-refractivity contribution in [2.24, 2.45) is 0 Å². The van der Waals surface area contributed by atoms with E-state index in [0.29, 0.717) is 17.2 Å². The topological polar surface area (TPSA) is 103 Å². The lowest BCUT2D eigenvalue weighted by atomic mass is 10.1. The van der Waals surface area contributed by atoms with Gasteiger partial charge in [-0.1, -0.05) is 0 Å². The third kappa shape index (κ3) is 3.29. The summed E-state index contributed by atoms with van der Waals surface area (Å²) in [6.45, 7) is 3.62. The SMILES string of the molecule is Cc1cncc(-c2cc3c(cn2)cnn3-c2ccc(=O)n([C@@H]3CCCNC3)n2)n1. The van der Waals surface area contributed by atoms with Gasteiger partial charge in [-0.2, -0.15) is 5.10 Å². The molecule has 4 aromatic heterocycles. The van der Waals surface area contributed by atoms with Crippen LogP contribution in [-0.2, 0) is 0 Å². The zero-order chi connectivity index (χ0) is 19.8. The van der Waals surface area contributed by atoms with Crippen molar-refractivity contribution in [3.05, 3.63) is 59.0 Å². The van der Waals surface area contributed by atoms with Crippen molar-refractivity contribution in [1.82, 2.24) is 39.8 Å². The summed E-state index contributed by atoms with van der Waals surface area (Å²) < 4.78 is 3.30. The zero-order valence-electron chi connectivity index (χ0n) is 16.0. The van der Waals surface area contributed by atoms with Gasteiger partial charge in [0.25, 0.3) is 5.56 Å². The van der Waals surface area contributed by atoms with Crippen LogP contribution in [0.4, 0.5) is 0 Å². The molecule has 29 heavy (non-hydrogen) atoms. The van der Waals surface area contributed by atoms with E-state index in [1.165, 1.54) is 0 Å². The van der Waals surface area contributed by atoms with E-state index in [-0.39, 0.29) is 11.6 Å². The lowest BCUT2D eigenvalue weighted by molar-refractivity contribution is 0.334. The molecule has 0 aliphatic carbocycles. The Bertz CT molecular complexity index is 1240. The Morgan fingerprint density at radius 1 is 1.14 bits per heavy atom. The average molecular weight is 388 g/mol. The minimum absolute atomic E-state index is 0.0535. The van der Waals surface area contributed by atoms with Crippen molar-refractivity contribution >= 4 is 10.9 Å². The second kappa shape index (κ2) is 7.17. The lowest BCUT2D eigenvalue weighted by Crippen LogP contribution is -2.37. The number of nitrogens with one attached hydrogen (secondary N) is 1. The molecule has 0 bridgehead atoms. The lowest BCUT2D eigenvalue weighted by Gasteiger charge is -2.23. The molecule has 4 aromatic rings. The first-order valence-electron chi connectivity index (χ1n) is 9.63. The van der Waals surface area contributed by atoms with Gasteiger partial charge in [-0.3, -0.25) is 14.8 Å². The van der Waals surface area contributed by atoms with Gasteiger partial charge < -0.3 is 5.32 Å². The minimum atomic E-state index is -0.101. The van der Waals surface area contributed by atoms with Crippen molar-refractivity contribution in [1.29, 1.82) is 0 Å². The predicted octanol–water partition coefficient (Wildman–Crippen LogP) is 1.67. The van der Waals surface area contributed by atoms with Gasteiger partial charge >= 0.3 is 0 Å². The fourth-order valence-corrected chi connectivity index (χ4v) is 3.66. The van der Waals surface area contributed by atoms with E-state index >= 15 is 0 Å². The smallest absolute Gasteiger partial charge is 0.267 e. The van der Waals surface area contributed by atoms with E-state index in [0.717, 1.165) is 42.5 Å². The highest BCUT2D eigenvalue weighted by Crippen LogP contribution is 2.22. The Labute approximate surface area is 166 Å². The van der Waals surface area contributed by atoms with Crippen LogP contribution in [0.2, 0.25) is 0 Å². The molecular formula is C20H20N8O. The number of nitrogens with zero attached hydrogens (tertiary/aromatic N) is 7. The van der Waals surface area contributed by atoms with Crippen LogP contribution in [0.15, 0.2) is 47.8 Å². The second-order valence-electron chi connectivity index (χ2n) is 7.20. The number of hydrogen-bond donors (Lipinski definition) is 1. The Morgan fingerprint density at radius 3 is 2.90 bits per heavy atom. The summed E-state index contributed by atoms with van der Waals surface area (Å²) in [5.74, 6) is 0.595. The van der Waals surface area contributed by atoms with Gasteiger partial charge in [-0.05, 0) is 38.4 Å². The summed E-state index contributed by atoms with van der Waals surface area (Å²) >= 11 is 0. The zero-order valence-corrected chi connectivity index (χ0v) is 16.0. The molecule has 0 saturated carbocycles. The highest BCUT2D eigenvalue weighted by molar-refractivity contribution is 5.82. The Balaban J connectivity index is 1.60. The van der Waals surface area contributed by atoms with Crippen molar-refractivity contribution in [2.45, 2.75) is 25.8 Å². The summed E-state index contributed by atoms with van der Waals surface area (Å²) in [6, 6.07) is 5.23. The van der Waals surface area contributed by atoms with E-state index in [9.17, 15) is 4.79 Å². The first-order valence-corrected chi connectivity index (χ1v) is 9.63. The van der Waals surface area contributed by atoms with Gasteiger partial charge in [-0.15, -0.1) is 5.10 Å². The van der Waals surface area contributed by atoms with Crippen LogP contribution in [-0.4, -0.2) is 47.6 Å². The molecule has 1 fully saturated rings. The van der Waals surface area contributed by atoms with Crippen molar-refractivity contribution in [3.63, 3.8) is 0 Å². The molecule has 0 radical (unpaired) electrons. The molecule has 0 amide bonds. The van der Waals surface area contributed by atoms with Crippen LogP contribution in [0.25, 0.3) is 28.1 Å². The van der Waals surface area contributed by atoms with E-state index in [1.807, 2.05) is 13.0 Å². The largest absolute Gasteiger partial charge is 0.315 e. The quantitative estimate of drug-likeness (QED) is 0.569. The first-order chi connectivity index (χ1) is 14.2. The Morgan fingerprint density at radius 2 is 2.07 bits per heavy atom. The Hall–Kier alpha value is -3.46. The molecule has 1 N–H and O–H groups in total. The first kappa shape index (κ1) is 17.6. The minimum Gasteiger partial charge on any atom is -0.315 e. The number of piperidine rings is 1. The van der Waals surface area contributed by atoms with Crippen LogP contribution >= 0.6 is 0 Å². The van der Waals surface area contributed by atoms with Crippen LogP contribution in [0, 0.1) is 6.92 Å². The molecule has 146 valence electrons.